The molecule has 1 aliphatic carbocycles. The van der Waals surface area contributed by atoms with Gasteiger partial charge in [-0.25, -0.2) is 0 Å². The van der Waals surface area contributed by atoms with Crippen molar-refractivity contribution in [2.45, 2.75) is 32.7 Å². The fraction of sp³-hybridized carbons (Fsp3) is 0.636. The van der Waals surface area contributed by atoms with Gasteiger partial charge in [-0.3, -0.25) is 0 Å². The van der Waals surface area contributed by atoms with Gasteiger partial charge in [0.1, 0.15) is 5.76 Å². The average molecular weight is 179 g/mol. The zero-order chi connectivity index (χ0) is 9.47. The predicted molar refractivity (Wildman–Crippen MR) is 52.6 cm³/mol. The van der Waals surface area contributed by atoms with E-state index in [1.807, 2.05) is 7.05 Å². The summed E-state index contributed by atoms with van der Waals surface area (Å²) in [6.45, 7) is 4.62. The van der Waals surface area contributed by atoms with Crippen molar-refractivity contribution in [2.75, 3.05) is 7.05 Å². The molecule has 0 saturated heterocycles. The second-order valence-corrected chi connectivity index (χ2v) is 4.51. The smallest absolute Gasteiger partial charge is 0.108 e. The maximum absolute atomic E-state index is 5.44. The minimum atomic E-state index is 0.339. The topological polar surface area (TPSA) is 25.2 Å². The van der Waals surface area contributed by atoms with E-state index in [9.17, 15) is 0 Å². The number of rotatable bonds is 1. The number of aryl methyl sites for hydroxylation is 1. The summed E-state index contributed by atoms with van der Waals surface area (Å²) >= 11 is 0. The maximum atomic E-state index is 5.44. The summed E-state index contributed by atoms with van der Waals surface area (Å²) in [6, 6.07) is 2.53. The molecule has 0 spiro atoms. The van der Waals surface area contributed by atoms with Crippen LogP contribution >= 0.6 is 0 Å². The molecule has 2 heteroatoms. The van der Waals surface area contributed by atoms with E-state index in [4.69, 9.17) is 4.42 Å². The van der Waals surface area contributed by atoms with Crippen molar-refractivity contribution in [3.63, 3.8) is 0 Å². The van der Waals surface area contributed by atoms with Crippen LogP contribution in [0.3, 0.4) is 0 Å². The Bertz CT molecular complexity index is 301. The Balaban J connectivity index is 2.41. The van der Waals surface area contributed by atoms with Crippen molar-refractivity contribution in [1.29, 1.82) is 0 Å². The number of furan rings is 1. The Morgan fingerprint density at radius 3 is 3.00 bits per heavy atom. The largest absolute Gasteiger partial charge is 0.469 e. The van der Waals surface area contributed by atoms with Gasteiger partial charge < -0.3 is 9.73 Å². The summed E-state index contributed by atoms with van der Waals surface area (Å²) in [5, 5.41) is 3.38. The summed E-state index contributed by atoms with van der Waals surface area (Å²) in [4.78, 5) is 0. The predicted octanol–water partition coefficient (Wildman–Crippen LogP) is 2.51. The SMILES string of the molecule is CNC1c2ccoc2CCC1(C)C. The zero-order valence-electron chi connectivity index (χ0n) is 8.55. The van der Waals surface area contributed by atoms with Crippen molar-refractivity contribution < 1.29 is 4.42 Å². The number of hydrogen-bond donors (Lipinski definition) is 1. The van der Waals surface area contributed by atoms with Crippen LogP contribution in [0.5, 0.6) is 0 Å². The molecule has 0 radical (unpaired) electrons. The highest BCUT2D eigenvalue weighted by Gasteiger charge is 2.36. The second kappa shape index (κ2) is 2.88. The van der Waals surface area contributed by atoms with Gasteiger partial charge in [-0.2, -0.15) is 0 Å². The fourth-order valence-electron chi connectivity index (χ4n) is 2.36. The standard InChI is InChI=1S/C11H17NO/c1-11(2)6-4-9-8(5-7-13-9)10(11)12-3/h5,7,10,12H,4,6H2,1-3H3. The van der Waals surface area contributed by atoms with Gasteiger partial charge in [-0.05, 0) is 24.9 Å². The monoisotopic (exact) mass is 179 g/mol. The Kier molecular flexibility index (Phi) is 1.95. The van der Waals surface area contributed by atoms with Gasteiger partial charge in [0.15, 0.2) is 0 Å². The van der Waals surface area contributed by atoms with Crippen molar-refractivity contribution in [3.8, 4) is 0 Å². The van der Waals surface area contributed by atoms with Crippen molar-refractivity contribution in [2.24, 2.45) is 5.41 Å². The van der Waals surface area contributed by atoms with E-state index in [0.717, 1.165) is 6.42 Å². The lowest BCUT2D eigenvalue weighted by molar-refractivity contribution is 0.208. The molecule has 0 amide bonds. The van der Waals surface area contributed by atoms with Gasteiger partial charge in [0.2, 0.25) is 0 Å². The van der Waals surface area contributed by atoms with Crippen LogP contribution in [-0.2, 0) is 6.42 Å². The minimum Gasteiger partial charge on any atom is -0.469 e. The highest BCUT2D eigenvalue weighted by molar-refractivity contribution is 5.26. The molecule has 0 saturated carbocycles. The van der Waals surface area contributed by atoms with E-state index < -0.39 is 0 Å². The van der Waals surface area contributed by atoms with E-state index in [1.165, 1.54) is 17.7 Å². The van der Waals surface area contributed by atoms with Gasteiger partial charge in [0, 0.05) is 18.0 Å². The Hall–Kier alpha value is -0.760. The first kappa shape index (κ1) is 8.82. The van der Waals surface area contributed by atoms with Crippen LogP contribution in [0.25, 0.3) is 0 Å². The van der Waals surface area contributed by atoms with Gasteiger partial charge in [0.05, 0.1) is 6.26 Å². The lowest BCUT2D eigenvalue weighted by atomic mass is 9.72. The highest BCUT2D eigenvalue weighted by Crippen LogP contribution is 2.43. The molecule has 2 rings (SSSR count). The molecule has 0 aliphatic heterocycles. The van der Waals surface area contributed by atoms with E-state index in [-0.39, 0.29) is 0 Å². The zero-order valence-corrected chi connectivity index (χ0v) is 8.55. The second-order valence-electron chi connectivity index (χ2n) is 4.51. The van der Waals surface area contributed by atoms with Crippen molar-refractivity contribution >= 4 is 0 Å². The summed E-state index contributed by atoms with van der Waals surface area (Å²) < 4.78 is 5.44. The van der Waals surface area contributed by atoms with Gasteiger partial charge in [-0.1, -0.05) is 13.8 Å². The quantitative estimate of drug-likeness (QED) is 0.716. The van der Waals surface area contributed by atoms with E-state index in [0.29, 0.717) is 11.5 Å². The number of fused-ring (bicyclic) bond motifs is 1. The third-order valence-corrected chi connectivity index (χ3v) is 3.16. The summed E-state index contributed by atoms with van der Waals surface area (Å²) in [6.07, 6.45) is 4.07. The Labute approximate surface area is 79.3 Å². The molecular weight excluding hydrogens is 162 g/mol. The van der Waals surface area contributed by atoms with Crippen LogP contribution in [0, 0.1) is 5.41 Å². The molecule has 1 unspecified atom stereocenters. The first-order chi connectivity index (χ1) is 6.15. The maximum Gasteiger partial charge on any atom is 0.108 e. The molecule has 0 bridgehead atoms. The van der Waals surface area contributed by atoms with Crippen LogP contribution in [0.2, 0.25) is 0 Å². The van der Waals surface area contributed by atoms with Crippen LogP contribution in [0.15, 0.2) is 16.7 Å². The molecule has 0 fully saturated rings. The fourth-order valence-corrected chi connectivity index (χ4v) is 2.36. The van der Waals surface area contributed by atoms with E-state index in [1.54, 1.807) is 6.26 Å². The van der Waals surface area contributed by atoms with Crippen LogP contribution in [-0.4, -0.2) is 7.05 Å². The molecule has 72 valence electrons. The van der Waals surface area contributed by atoms with Crippen LogP contribution < -0.4 is 5.32 Å². The summed E-state index contributed by atoms with van der Waals surface area (Å²) in [5.41, 5.74) is 1.68. The van der Waals surface area contributed by atoms with E-state index >= 15 is 0 Å². The molecule has 1 aromatic rings. The Morgan fingerprint density at radius 2 is 2.31 bits per heavy atom. The minimum absolute atomic E-state index is 0.339. The third kappa shape index (κ3) is 1.29. The van der Waals surface area contributed by atoms with Crippen molar-refractivity contribution in [3.05, 3.63) is 23.7 Å². The van der Waals surface area contributed by atoms with Gasteiger partial charge >= 0.3 is 0 Å². The van der Waals surface area contributed by atoms with Gasteiger partial charge in [-0.15, -0.1) is 0 Å². The lowest BCUT2D eigenvalue weighted by Crippen LogP contribution is -2.35. The molecule has 1 atom stereocenters. The number of hydrogen-bond acceptors (Lipinski definition) is 2. The average Bonchev–Trinajstić information content (AvgIpc) is 2.50. The van der Waals surface area contributed by atoms with Crippen molar-refractivity contribution in [1.82, 2.24) is 5.32 Å². The van der Waals surface area contributed by atoms with Gasteiger partial charge in [0.25, 0.3) is 0 Å². The summed E-state index contributed by atoms with van der Waals surface area (Å²) in [7, 11) is 2.02. The molecule has 1 heterocycles. The molecular formula is C11H17NO. The Morgan fingerprint density at radius 1 is 1.54 bits per heavy atom. The molecule has 1 aromatic heterocycles. The normalized spacial score (nSPS) is 25.6. The van der Waals surface area contributed by atoms with E-state index in [2.05, 4.69) is 25.2 Å². The molecule has 13 heavy (non-hydrogen) atoms. The first-order valence-electron chi connectivity index (χ1n) is 4.88. The molecule has 2 nitrogen and oxygen atoms in total. The molecule has 1 N–H and O–H groups in total. The highest BCUT2D eigenvalue weighted by atomic mass is 16.3. The first-order valence-corrected chi connectivity index (χ1v) is 4.88. The molecule has 0 aromatic carbocycles. The third-order valence-electron chi connectivity index (χ3n) is 3.16. The summed E-state index contributed by atoms with van der Waals surface area (Å²) in [5.74, 6) is 1.17. The lowest BCUT2D eigenvalue weighted by Gasteiger charge is -2.37. The molecule has 1 aliphatic rings. The van der Waals surface area contributed by atoms with Crippen LogP contribution in [0.1, 0.15) is 37.6 Å². The number of nitrogens with one attached hydrogen (secondary N) is 1. The van der Waals surface area contributed by atoms with Crippen LogP contribution in [0.4, 0.5) is 0 Å².